The molecular weight excluding hydrogens is 526 g/mol. The Morgan fingerprint density at radius 1 is 1.15 bits per heavy atom. The first kappa shape index (κ1) is 23.7. The molecule has 33 heavy (non-hydrogen) atoms. The second-order valence-electron chi connectivity index (χ2n) is 8.93. The fourth-order valence-electron chi connectivity index (χ4n) is 4.13. The van der Waals surface area contributed by atoms with E-state index in [2.05, 4.69) is 55.0 Å². The van der Waals surface area contributed by atoms with Crippen LogP contribution in [0.3, 0.4) is 0 Å². The van der Waals surface area contributed by atoms with Crippen LogP contribution in [0, 0.1) is 15.3 Å². The van der Waals surface area contributed by atoms with Gasteiger partial charge in [0.15, 0.2) is 5.82 Å². The molecule has 0 amide bonds. The highest BCUT2D eigenvalue weighted by molar-refractivity contribution is 14.2. The Kier molecular flexibility index (Phi) is 7.68. The molecule has 1 aliphatic heterocycles. The average molecular weight is 556 g/mol. The lowest BCUT2D eigenvalue weighted by Crippen LogP contribution is -2.19. The number of carbonyl (C=O) groups is 1. The van der Waals surface area contributed by atoms with Gasteiger partial charge < -0.3 is 4.98 Å². The molecule has 0 radical (unpaired) electrons. The second-order valence-corrected chi connectivity index (χ2v) is 11.7. The van der Waals surface area contributed by atoms with Gasteiger partial charge in [-0.2, -0.15) is 0 Å². The number of aromatic nitrogens is 2. The van der Waals surface area contributed by atoms with Gasteiger partial charge in [0.05, 0.1) is 15.4 Å². The van der Waals surface area contributed by atoms with Gasteiger partial charge in [-0.25, -0.2) is 9.37 Å². The van der Waals surface area contributed by atoms with Crippen LogP contribution < -0.4 is 0 Å². The number of H-pyrrole nitrogens is 1. The highest BCUT2D eigenvalue weighted by Crippen LogP contribution is 2.33. The first-order valence-electron chi connectivity index (χ1n) is 11.7. The Balaban J connectivity index is 1.67. The van der Waals surface area contributed by atoms with Gasteiger partial charge in [0.2, 0.25) is 5.78 Å². The predicted octanol–water partition coefficient (Wildman–Crippen LogP) is 7.59. The molecule has 1 aromatic heterocycles. The number of carbonyl (C=O) groups excluding carboxylic acids is 1. The van der Waals surface area contributed by atoms with Gasteiger partial charge >= 0.3 is 0 Å². The molecule has 0 bridgehead atoms. The molecule has 0 atom stereocenters. The molecule has 172 valence electrons. The van der Waals surface area contributed by atoms with Crippen LogP contribution in [0.2, 0.25) is 0 Å². The van der Waals surface area contributed by atoms with Crippen LogP contribution >= 0.6 is 20.7 Å². The number of unbranched alkanes of at least 4 members (excludes halogenated alkanes) is 2. The van der Waals surface area contributed by atoms with Gasteiger partial charge in [0.1, 0.15) is 5.82 Å². The fourth-order valence-corrected chi connectivity index (χ4v) is 6.97. The van der Waals surface area contributed by atoms with Gasteiger partial charge in [-0.1, -0.05) is 78.6 Å². The van der Waals surface area contributed by atoms with Crippen LogP contribution in [0.1, 0.15) is 68.2 Å². The highest BCUT2D eigenvalue weighted by atomic mass is 127. The van der Waals surface area contributed by atoms with Crippen molar-refractivity contribution < 1.29 is 9.18 Å². The van der Waals surface area contributed by atoms with Gasteiger partial charge in [-0.15, -0.1) is 0 Å². The van der Waals surface area contributed by atoms with E-state index in [1.807, 2.05) is 12.1 Å². The van der Waals surface area contributed by atoms with Crippen molar-refractivity contribution in [2.75, 3.05) is 0 Å². The highest BCUT2D eigenvalue weighted by Gasteiger charge is 2.24. The molecule has 0 unspecified atom stereocenters. The van der Waals surface area contributed by atoms with Crippen molar-refractivity contribution >= 4 is 36.1 Å². The molecule has 0 fully saturated rings. The average Bonchev–Trinajstić information content (AvgIpc) is 3.29. The van der Waals surface area contributed by atoms with E-state index in [0.717, 1.165) is 52.3 Å². The Morgan fingerprint density at radius 3 is 2.76 bits per heavy atom. The summed E-state index contributed by atoms with van der Waals surface area (Å²) >= 11 is -0.598. The molecule has 0 saturated heterocycles. The molecule has 2 aromatic carbocycles. The van der Waals surface area contributed by atoms with Gasteiger partial charge in [-0.3, -0.25) is 4.79 Å². The molecule has 3 nitrogen and oxygen atoms in total. The zero-order valence-corrected chi connectivity index (χ0v) is 21.6. The number of imidazole rings is 1. The number of ketones is 1. The summed E-state index contributed by atoms with van der Waals surface area (Å²) in [4.78, 5) is 21.3. The lowest BCUT2D eigenvalue weighted by atomic mass is 9.96. The summed E-state index contributed by atoms with van der Waals surface area (Å²) in [5, 5.41) is 0. The quantitative estimate of drug-likeness (QED) is 0.168. The number of hydrogen-bond donors (Lipinski definition) is 1. The number of aryl methyl sites for hydroxylation is 1. The molecule has 2 heterocycles. The Bertz CT molecular complexity index is 1220. The number of halogens is 2. The number of nitrogens with zero attached hydrogens (tertiary/aromatic N) is 1. The van der Waals surface area contributed by atoms with E-state index in [0.29, 0.717) is 17.4 Å². The van der Waals surface area contributed by atoms with Crippen LogP contribution in [0.15, 0.2) is 54.2 Å². The van der Waals surface area contributed by atoms with E-state index in [1.165, 1.54) is 15.2 Å². The Morgan fingerprint density at radius 2 is 1.97 bits per heavy atom. The first-order chi connectivity index (χ1) is 16.0. The molecular formula is C28H30FIN2O. The van der Waals surface area contributed by atoms with E-state index in [4.69, 9.17) is 0 Å². The van der Waals surface area contributed by atoms with Crippen molar-refractivity contribution in [1.29, 1.82) is 0 Å². The molecule has 0 aliphatic carbocycles. The number of Topliss-reactive ketones (excluding diaryl/α,β-unsaturated/α-hetero) is 1. The number of aromatic amines is 1. The summed E-state index contributed by atoms with van der Waals surface area (Å²) < 4.78 is 16.3. The molecule has 3 aromatic rings. The van der Waals surface area contributed by atoms with Crippen LogP contribution in [-0.2, 0) is 6.42 Å². The number of benzene rings is 2. The zero-order valence-electron chi connectivity index (χ0n) is 19.4. The third kappa shape index (κ3) is 5.57. The van der Waals surface area contributed by atoms with Crippen LogP contribution in [0.25, 0.3) is 17.3 Å². The largest absolute Gasteiger partial charge is 0.335 e. The van der Waals surface area contributed by atoms with E-state index in [9.17, 15) is 9.18 Å². The van der Waals surface area contributed by atoms with Crippen molar-refractivity contribution in [3.63, 3.8) is 0 Å². The van der Waals surface area contributed by atoms with Crippen molar-refractivity contribution in [1.82, 2.24) is 9.97 Å². The zero-order chi connectivity index (χ0) is 23.4. The number of hydrogen-bond acceptors (Lipinski definition) is 2. The molecule has 1 N–H and O–H groups in total. The minimum Gasteiger partial charge on any atom is -0.335 e. The number of allylic oxidation sites excluding steroid dienone is 1. The fraction of sp³-hybridized carbons (Fsp3) is 0.321. The Hall–Kier alpha value is -2.41. The minimum atomic E-state index is -0.598. The lowest BCUT2D eigenvalue weighted by Gasteiger charge is -2.18. The van der Waals surface area contributed by atoms with Crippen LogP contribution in [-0.4, -0.2) is 19.3 Å². The molecule has 4 rings (SSSR count). The van der Waals surface area contributed by atoms with Gasteiger partial charge in [0, 0.05) is 9.13 Å². The maximum atomic E-state index is 14.1. The van der Waals surface area contributed by atoms with E-state index in [-0.39, 0.29) is 11.6 Å². The summed E-state index contributed by atoms with van der Waals surface area (Å²) in [6, 6.07) is 13.3. The summed E-state index contributed by atoms with van der Waals surface area (Å²) in [5.41, 5.74) is 4.94. The SMILES string of the molecule is CCCCCc1ccc(F)cc1-c1cnc(C(=O)C2=Ic3ccccc3C=C2CC(C)C)[nH]1. The second kappa shape index (κ2) is 10.7. The van der Waals surface area contributed by atoms with Crippen molar-refractivity contribution in [2.24, 2.45) is 5.92 Å². The van der Waals surface area contributed by atoms with E-state index in [1.54, 1.807) is 12.3 Å². The predicted molar refractivity (Wildman–Crippen MR) is 143 cm³/mol. The number of fused-ring (bicyclic) bond motifs is 1. The van der Waals surface area contributed by atoms with Gasteiger partial charge in [0.25, 0.3) is 0 Å². The van der Waals surface area contributed by atoms with E-state index < -0.39 is 20.7 Å². The maximum absolute atomic E-state index is 14.1. The van der Waals surface area contributed by atoms with E-state index >= 15 is 0 Å². The molecule has 1 aliphatic rings. The normalized spacial score (nSPS) is 13.2. The van der Waals surface area contributed by atoms with Crippen LogP contribution in [0.4, 0.5) is 4.39 Å². The van der Waals surface area contributed by atoms with Gasteiger partial charge in [-0.05, 0) is 66.2 Å². The first-order valence-corrected chi connectivity index (χ1v) is 13.8. The Labute approximate surface area is 205 Å². The standard InChI is InChI=1S/C28H30FIN2O/c1-4-5-6-9-19-12-13-22(29)16-23(19)25-17-31-28(32-25)27(33)26-21(14-18(2)3)15-20-10-7-8-11-24(20)30-26/h7-8,10-13,15-18H,4-6,9,14H2,1-3H3,(H,31,32). The van der Waals surface area contributed by atoms with Crippen molar-refractivity contribution in [3.8, 4) is 11.3 Å². The minimum absolute atomic E-state index is 0.0283. The summed E-state index contributed by atoms with van der Waals surface area (Å²) in [5.74, 6) is 0.494. The molecule has 0 saturated carbocycles. The lowest BCUT2D eigenvalue weighted by molar-refractivity contribution is 0.106. The molecule has 0 spiro atoms. The van der Waals surface area contributed by atoms with Crippen molar-refractivity contribution in [2.45, 2.75) is 52.9 Å². The maximum Gasteiger partial charge on any atom is 0.234 e. The third-order valence-electron chi connectivity index (χ3n) is 5.74. The summed E-state index contributed by atoms with van der Waals surface area (Å²) in [7, 11) is 0. The van der Waals surface area contributed by atoms with Crippen LogP contribution in [0.5, 0.6) is 0 Å². The smallest absolute Gasteiger partial charge is 0.234 e. The topological polar surface area (TPSA) is 45.8 Å². The molecule has 5 heteroatoms. The number of nitrogens with one attached hydrogen (secondary N) is 1. The van der Waals surface area contributed by atoms with Crippen molar-refractivity contribution in [3.05, 3.63) is 80.6 Å². The third-order valence-corrected chi connectivity index (χ3v) is 9.03. The summed E-state index contributed by atoms with van der Waals surface area (Å²) in [6.07, 6.45) is 8.93. The number of rotatable bonds is 9. The summed E-state index contributed by atoms with van der Waals surface area (Å²) in [6.45, 7) is 6.53. The monoisotopic (exact) mass is 556 g/mol.